The van der Waals surface area contributed by atoms with E-state index in [1.807, 2.05) is 7.05 Å². The van der Waals surface area contributed by atoms with Crippen LogP contribution in [0.4, 0.5) is 0 Å². The van der Waals surface area contributed by atoms with E-state index in [-0.39, 0.29) is 11.9 Å². The number of ether oxygens (including phenoxy) is 1. The van der Waals surface area contributed by atoms with E-state index < -0.39 is 0 Å². The highest BCUT2D eigenvalue weighted by molar-refractivity contribution is 5.78. The van der Waals surface area contributed by atoms with Gasteiger partial charge >= 0.3 is 0 Å². The van der Waals surface area contributed by atoms with Crippen molar-refractivity contribution < 1.29 is 9.53 Å². The van der Waals surface area contributed by atoms with E-state index in [1.165, 1.54) is 6.33 Å². The Kier molecular flexibility index (Phi) is 5.69. The van der Waals surface area contributed by atoms with Crippen LogP contribution >= 0.6 is 0 Å². The molecule has 1 aromatic heterocycles. The van der Waals surface area contributed by atoms with Crippen LogP contribution in [0.25, 0.3) is 0 Å². The summed E-state index contributed by atoms with van der Waals surface area (Å²) in [5.41, 5.74) is 0. The van der Waals surface area contributed by atoms with Gasteiger partial charge in [-0.25, -0.2) is 4.98 Å². The van der Waals surface area contributed by atoms with Crippen molar-refractivity contribution in [3.63, 3.8) is 0 Å². The zero-order chi connectivity index (χ0) is 15.2. The van der Waals surface area contributed by atoms with Crippen LogP contribution < -0.4 is 5.32 Å². The van der Waals surface area contributed by atoms with Gasteiger partial charge in [0.05, 0.1) is 25.8 Å². The lowest BCUT2D eigenvalue weighted by Crippen LogP contribution is -2.44. The molecule has 0 radical (unpaired) electrons. The molecule has 0 unspecified atom stereocenters. The van der Waals surface area contributed by atoms with Crippen LogP contribution in [0.1, 0.15) is 32.1 Å². The molecule has 0 aromatic carbocycles. The standard InChI is InChI=1S/C14H25N5O2/c1-11(2)8-12(14-15-10-16-18(14)3)17-13(20)9-19-4-6-21-7-5-19/h10-12H,4-9H2,1-3H3,(H,17,20)/t12-/m1/s1. The maximum absolute atomic E-state index is 12.3. The van der Waals surface area contributed by atoms with Crippen LogP contribution in [-0.4, -0.2) is 58.4 Å². The molecule has 2 heterocycles. The van der Waals surface area contributed by atoms with Gasteiger partial charge in [-0.3, -0.25) is 14.4 Å². The van der Waals surface area contributed by atoms with Gasteiger partial charge in [0.1, 0.15) is 12.2 Å². The molecule has 0 spiro atoms. The molecule has 0 aliphatic carbocycles. The Balaban J connectivity index is 1.94. The molecule has 21 heavy (non-hydrogen) atoms. The molecule has 0 saturated carbocycles. The van der Waals surface area contributed by atoms with Crippen LogP contribution in [-0.2, 0) is 16.6 Å². The average molecular weight is 295 g/mol. The highest BCUT2D eigenvalue weighted by atomic mass is 16.5. The van der Waals surface area contributed by atoms with Crippen LogP contribution in [0.5, 0.6) is 0 Å². The molecule has 1 atom stereocenters. The fourth-order valence-corrected chi connectivity index (χ4v) is 2.52. The Morgan fingerprint density at radius 2 is 2.14 bits per heavy atom. The van der Waals surface area contributed by atoms with E-state index in [4.69, 9.17) is 4.74 Å². The van der Waals surface area contributed by atoms with Gasteiger partial charge in [-0.2, -0.15) is 5.10 Å². The number of carbonyl (C=O) groups is 1. The molecule has 1 aliphatic rings. The Labute approximate surface area is 125 Å². The van der Waals surface area contributed by atoms with E-state index in [0.717, 1.165) is 25.3 Å². The summed E-state index contributed by atoms with van der Waals surface area (Å²) < 4.78 is 7.02. The first-order valence-corrected chi connectivity index (χ1v) is 7.49. The van der Waals surface area contributed by atoms with Gasteiger partial charge in [0, 0.05) is 20.1 Å². The minimum absolute atomic E-state index is 0.0329. The van der Waals surface area contributed by atoms with Crippen LogP contribution in [0, 0.1) is 5.92 Å². The minimum Gasteiger partial charge on any atom is -0.379 e. The number of amides is 1. The van der Waals surface area contributed by atoms with Gasteiger partial charge < -0.3 is 10.1 Å². The fourth-order valence-electron chi connectivity index (χ4n) is 2.52. The molecule has 1 fully saturated rings. The quantitative estimate of drug-likeness (QED) is 0.820. The molecule has 7 nitrogen and oxygen atoms in total. The summed E-state index contributed by atoms with van der Waals surface area (Å²) in [6.45, 7) is 7.71. The first-order chi connectivity index (χ1) is 10.1. The van der Waals surface area contributed by atoms with E-state index in [9.17, 15) is 4.79 Å². The zero-order valence-corrected chi connectivity index (χ0v) is 13.1. The second-order valence-electron chi connectivity index (χ2n) is 5.88. The number of nitrogens with zero attached hydrogens (tertiary/aromatic N) is 4. The fraction of sp³-hybridized carbons (Fsp3) is 0.786. The number of nitrogens with one attached hydrogen (secondary N) is 1. The average Bonchev–Trinajstić information content (AvgIpc) is 2.85. The Hall–Kier alpha value is -1.47. The first kappa shape index (κ1) is 15.9. The molecular weight excluding hydrogens is 270 g/mol. The number of aromatic nitrogens is 3. The lowest BCUT2D eigenvalue weighted by Gasteiger charge is -2.27. The maximum Gasteiger partial charge on any atom is 0.234 e. The Bertz CT molecular complexity index is 454. The van der Waals surface area contributed by atoms with Crippen molar-refractivity contribution in [2.24, 2.45) is 13.0 Å². The highest BCUT2D eigenvalue weighted by Gasteiger charge is 2.22. The summed E-state index contributed by atoms with van der Waals surface area (Å²) in [5, 5.41) is 7.19. The number of hydrogen-bond donors (Lipinski definition) is 1. The van der Waals surface area contributed by atoms with E-state index in [0.29, 0.717) is 25.7 Å². The normalized spacial score (nSPS) is 17.9. The predicted molar refractivity (Wildman–Crippen MR) is 78.6 cm³/mol. The number of morpholine rings is 1. The summed E-state index contributed by atoms with van der Waals surface area (Å²) in [6.07, 6.45) is 2.37. The SMILES string of the molecule is CC(C)C[C@@H](NC(=O)CN1CCOCC1)c1ncnn1C. The molecule has 1 aliphatic heterocycles. The molecule has 118 valence electrons. The third kappa shape index (κ3) is 4.78. The molecule has 1 amide bonds. The second-order valence-corrected chi connectivity index (χ2v) is 5.88. The Morgan fingerprint density at radius 3 is 2.71 bits per heavy atom. The molecule has 1 N–H and O–H groups in total. The van der Waals surface area contributed by atoms with E-state index >= 15 is 0 Å². The lowest BCUT2D eigenvalue weighted by atomic mass is 10.0. The van der Waals surface area contributed by atoms with Crippen molar-refractivity contribution in [3.05, 3.63) is 12.2 Å². The largest absolute Gasteiger partial charge is 0.379 e. The molecule has 1 saturated heterocycles. The van der Waals surface area contributed by atoms with E-state index in [2.05, 4.69) is 34.1 Å². The van der Waals surface area contributed by atoms with Crippen molar-refractivity contribution in [3.8, 4) is 0 Å². The van der Waals surface area contributed by atoms with Gasteiger partial charge in [-0.05, 0) is 12.3 Å². The summed E-state index contributed by atoms with van der Waals surface area (Å²) in [4.78, 5) is 18.6. The van der Waals surface area contributed by atoms with Crippen LogP contribution in [0.15, 0.2) is 6.33 Å². The van der Waals surface area contributed by atoms with Crippen molar-refractivity contribution in [2.45, 2.75) is 26.3 Å². The van der Waals surface area contributed by atoms with Crippen molar-refractivity contribution in [1.29, 1.82) is 0 Å². The lowest BCUT2D eigenvalue weighted by molar-refractivity contribution is -0.124. The minimum atomic E-state index is -0.0916. The Morgan fingerprint density at radius 1 is 1.43 bits per heavy atom. The predicted octanol–water partition coefficient (Wildman–Crippen LogP) is 0.351. The summed E-state index contributed by atoms with van der Waals surface area (Å²) in [7, 11) is 1.85. The van der Waals surface area contributed by atoms with Gasteiger partial charge in [0.15, 0.2) is 0 Å². The van der Waals surface area contributed by atoms with Crippen molar-refractivity contribution in [1.82, 2.24) is 25.0 Å². The summed E-state index contributed by atoms with van der Waals surface area (Å²) >= 11 is 0. The van der Waals surface area contributed by atoms with Gasteiger partial charge in [0.25, 0.3) is 0 Å². The van der Waals surface area contributed by atoms with E-state index in [1.54, 1.807) is 4.68 Å². The summed E-state index contributed by atoms with van der Waals surface area (Å²) in [5.74, 6) is 1.31. The molecule has 2 rings (SSSR count). The van der Waals surface area contributed by atoms with Crippen molar-refractivity contribution >= 4 is 5.91 Å². The molecule has 1 aromatic rings. The number of carbonyl (C=O) groups excluding carboxylic acids is 1. The van der Waals surface area contributed by atoms with Gasteiger partial charge in [0.2, 0.25) is 5.91 Å². The number of hydrogen-bond acceptors (Lipinski definition) is 5. The topological polar surface area (TPSA) is 72.3 Å². The monoisotopic (exact) mass is 295 g/mol. The smallest absolute Gasteiger partial charge is 0.234 e. The highest BCUT2D eigenvalue weighted by Crippen LogP contribution is 2.18. The third-order valence-corrected chi connectivity index (χ3v) is 3.57. The molecule has 0 bridgehead atoms. The van der Waals surface area contributed by atoms with Gasteiger partial charge in [-0.1, -0.05) is 13.8 Å². The third-order valence-electron chi connectivity index (χ3n) is 3.57. The second kappa shape index (κ2) is 7.51. The van der Waals surface area contributed by atoms with Crippen LogP contribution in [0.3, 0.4) is 0 Å². The molecule has 7 heteroatoms. The van der Waals surface area contributed by atoms with Crippen LogP contribution in [0.2, 0.25) is 0 Å². The first-order valence-electron chi connectivity index (χ1n) is 7.49. The number of aryl methyl sites for hydroxylation is 1. The van der Waals surface area contributed by atoms with Gasteiger partial charge in [-0.15, -0.1) is 0 Å². The van der Waals surface area contributed by atoms with Crippen molar-refractivity contribution in [2.75, 3.05) is 32.8 Å². The molecular formula is C14H25N5O2. The number of rotatable bonds is 6. The maximum atomic E-state index is 12.3. The summed E-state index contributed by atoms with van der Waals surface area (Å²) in [6, 6.07) is -0.0916. The zero-order valence-electron chi connectivity index (χ0n) is 13.1.